The van der Waals surface area contributed by atoms with Gasteiger partial charge in [0.1, 0.15) is 0 Å². The molecule has 2 rings (SSSR count). The number of Topliss-reactive ketones (excluding diaryl/α,β-unsaturated/α-hetero) is 1. The van der Waals surface area contributed by atoms with Crippen LogP contribution in [0.25, 0.3) is 0 Å². The average Bonchev–Trinajstić information content (AvgIpc) is 2.59. The number of rotatable bonds is 9. The summed E-state index contributed by atoms with van der Waals surface area (Å²) in [6.45, 7) is 1.41. The zero-order chi connectivity index (χ0) is 20.0. The minimum Gasteiger partial charge on any atom is -0.481 e. The van der Waals surface area contributed by atoms with Gasteiger partial charge in [0, 0.05) is 24.3 Å². The molecule has 0 radical (unpaired) electrons. The van der Waals surface area contributed by atoms with Gasteiger partial charge in [0.25, 0.3) is 0 Å². The summed E-state index contributed by atoms with van der Waals surface area (Å²) in [6, 6.07) is 13.6. The molecule has 0 aliphatic rings. The van der Waals surface area contributed by atoms with Crippen molar-refractivity contribution in [1.82, 2.24) is 0 Å². The van der Waals surface area contributed by atoms with Crippen LogP contribution >= 0.6 is 0 Å². The van der Waals surface area contributed by atoms with Gasteiger partial charge in [-0.25, -0.2) is 8.42 Å². The van der Waals surface area contributed by atoms with Gasteiger partial charge < -0.3 is 10.4 Å². The Morgan fingerprint density at radius 3 is 2.33 bits per heavy atom. The first-order valence-electron chi connectivity index (χ1n) is 8.54. The Labute approximate surface area is 159 Å². The van der Waals surface area contributed by atoms with E-state index in [0.29, 0.717) is 24.1 Å². The molecule has 27 heavy (non-hydrogen) atoms. The average molecular weight is 389 g/mol. The maximum absolute atomic E-state index is 12.1. The van der Waals surface area contributed by atoms with Gasteiger partial charge in [-0.2, -0.15) is 0 Å². The van der Waals surface area contributed by atoms with Gasteiger partial charge in [-0.1, -0.05) is 30.3 Å². The second kappa shape index (κ2) is 8.81. The summed E-state index contributed by atoms with van der Waals surface area (Å²) in [5.74, 6) is -1.10. The van der Waals surface area contributed by atoms with Crippen molar-refractivity contribution in [3.05, 3.63) is 59.7 Å². The van der Waals surface area contributed by atoms with Crippen molar-refractivity contribution >= 4 is 27.3 Å². The van der Waals surface area contributed by atoms with Gasteiger partial charge in [0.05, 0.1) is 10.6 Å². The first kappa shape index (κ1) is 20.6. The van der Waals surface area contributed by atoms with Crippen molar-refractivity contribution < 1.29 is 23.1 Å². The summed E-state index contributed by atoms with van der Waals surface area (Å²) < 4.78 is 24.2. The third-order valence-electron chi connectivity index (χ3n) is 4.18. The minimum absolute atomic E-state index is 0.0505. The fourth-order valence-corrected chi connectivity index (χ4v) is 3.66. The molecule has 0 saturated carbocycles. The Morgan fingerprint density at radius 2 is 1.78 bits per heavy atom. The molecular formula is C20H23NO5S. The number of anilines is 1. The normalized spacial score (nSPS) is 12.4. The molecule has 0 bridgehead atoms. The number of carboxylic acid groups (broad SMARTS) is 1. The molecule has 0 heterocycles. The van der Waals surface area contributed by atoms with E-state index in [0.717, 1.165) is 11.8 Å². The topological polar surface area (TPSA) is 101 Å². The molecule has 2 aromatic carbocycles. The number of carbonyl (C=O) groups excluding carboxylic acids is 1. The van der Waals surface area contributed by atoms with E-state index in [1.807, 2.05) is 30.3 Å². The first-order valence-corrected chi connectivity index (χ1v) is 10.4. The third kappa shape index (κ3) is 6.21. The molecule has 0 aliphatic heterocycles. The molecule has 0 amide bonds. The van der Waals surface area contributed by atoms with Crippen LogP contribution in [0.1, 0.15) is 35.7 Å². The highest BCUT2D eigenvalue weighted by Crippen LogP contribution is 2.25. The van der Waals surface area contributed by atoms with Crippen LogP contribution in [-0.2, 0) is 21.1 Å². The lowest BCUT2D eigenvalue weighted by molar-refractivity contribution is -0.137. The largest absolute Gasteiger partial charge is 0.481 e. The summed E-state index contributed by atoms with van der Waals surface area (Å²) in [4.78, 5) is 22.8. The van der Waals surface area contributed by atoms with Crippen LogP contribution in [0.3, 0.4) is 0 Å². The fraction of sp³-hybridized carbons (Fsp3) is 0.300. The summed E-state index contributed by atoms with van der Waals surface area (Å²) in [5, 5.41) is 12.2. The van der Waals surface area contributed by atoms with Gasteiger partial charge in [0.15, 0.2) is 15.6 Å². The van der Waals surface area contributed by atoms with Crippen molar-refractivity contribution in [2.45, 2.75) is 37.1 Å². The van der Waals surface area contributed by atoms with E-state index in [1.165, 1.54) is 25.1 Å². The molecule has 144 valence electrons. The van der Waals surface area contributed by atoms with E-state index in [1.54, 1.807) is 0 Å². The van der Waals surface area contributed by atoms with Crippen LogP contribution < -0.4 is 5.32 Å². The van der Waals surface area contributed by atoms with Gasteiger partial charge in [-0.05, 0) is 43.5 Å². The quantitative estimate of drug-likeness (QED) is 0.639. The number of hydrogen-bond acceptors (Lipinski definition) is 5. The molecule has 0 aromatic heterocycles. The summed E-state index contributed by atoms with van der Waals surface area (Å²) in [5.41, 5.74) is 1.71. The third-order valence-corrected chi connectivity index (χ3v) is 5.33. The van der Waals surface area contributed by atoms with Crippen molar-refractivity contribution in [2.75, 3.05) is 11.6 Å². The van der Waals surface area contributed by atoms with Crippen LogP contribution in [0, 0.1) is 0 Å². The lowest BCUT2D eigenvalue weighted by Gasteiger charge is -2.22. The van der Waals surface area contributed by atoms with Crippen LogP contribution in [0.4, 0.5) is 5.69 Å². The Balaban J connectivity index is 2.37. The molecule has 7 heteroatoms. The van der Waals surface area contributed by atoms with E-state index in [9.17, 15) is 18.0 Å². The Bertz CT molecular complexity index is 923. The molecule has 1 atom stereocenters. The number of aliphatic carboxylic acids is 1. The zero-order valence-electron chi connectivity index (χ0n) is 15.3. The van der Waals surface area contributed by atoms with Gasteiger partial charge in [0.2, 0.25) is 0 Å². The van der Waals surface area contributed by atoms with Crippen LogP contribution in [0.5, 0.6) is 0 Å². The molecule has 6 nitrogen and oxygen atoms in total. The zero-order valence-corrected chi connectivity index (χ0v) is 16.1. The maximum atomic E-state index is 12.1. The molecule has 0 aliphatic carbocycles. The molecule has 2 aromatic rings. The number of benzene rings is 2. The van der Waals surface area contributed by atoms with E-state index in [-0.39, 0.29) is 23.1 Å². The Kier molecular flexibility index (Phi) is 6.74. The number of sulfone groups is 1. The lowest BCUT2D eigenvalue weighted by Crippen LogP contribution is -2.24. The monoisotopic (exact) mass is 389 g/mol. The van der Waals surface area contributed by atoms with E-state index in [2.05, 4.69) is 5.32 Å². The SMILES string of the molecule is CC(=O)c1ccc(S(C)(=O)=O)c(NC(CCC(=O)O)Cc2ccccc2)c1. The molecule has 1 unspecified atom stereocenters. The summed E-state index contributed by atoms with van der Waals surface area (Å²) in [7, 11) is -3.52. The predicted octanol–water partition coefficient (Wildman–Crippen LogP) is 3.18. The van der Waals surface area contributed by atoms with Crippen molar-refractivity contribution in [2.24, 2.45) is 0 Å². The highest BCUT2D eigenvalue weighted by Gasteiger charge is 2.19. The van der Waals surface area contributed by atoms with Gasteiger partial charge >= 0.3 is 5.97 Å². The highest BCUT2D eigenvalue weighted by molar-refractivity contribution is 7.90. The smallest absolute Gasteiger partial charge is 0.303 e. The first-order chi connectivity index (χ1) is 12.7. The number of hydrogen-bond donors (Lipinski definition) is 2. The fourth-order valence-electron chi connectivity index (χ4n) is 2.83. The van der Waals surface area contributed by atoms with Crippen molar-refractivity contribution in [1.29, 1.82) is 0 Å². The van der Waals surface area contributed by atoms with Gasteiger partial charge in [-0.3, -0.25) is 9.59 Å². The molecule has 0 fully saturated rings. The Hall–Kier alpha value is -2.67. The number of ketones is 1. The summed E-state index contributed by atoms with van der Waals surface area (Å²) in [6.07, 6.45) is 1.90. The van der Waals surface area contributed by atoms with E-state index < -0.39 is 15.8 Å². The van der Waals surface area contributed by atoms with Crippen molar-refractivity contribution in [3.8, 4) is 0 Å². The van der Waals surface area contributed by atoms with Gasteiger partial charge in [-0.15, -0.1) is 0 Å². The Morgan fingerprint density at radius 1 is 1.11 bits per heavy atom. The second-order valence-corrected chi connectivity index (χ2v) is 8.49. The highest BCUT2D eigenvalue weighted by atomic mass is 32.2. The maximum Gasteiger partial charge on any atom is 0.303 e. The summed E-state index contributed by atoms with van der Waals surface area (Å²) >= 11 is 0. The second-order valence-electron chi connectivity index (χ2n) is 6.50. The van der Waals surface area contributed by atoms with Crippen molar-refractivity contribution in [3.63, 3.8) is 0 Å². The lowest BCUT2D eigenvalue weighted by atomic mass is 10.0. The van der Waals surface area contributed by atoms with Crippen LogP contribution in [0.2, 0.25) is 0 Å². The van der Waals surface area contributed by atoms with Crippen LogP contribution in [-0.4, -0.2) is 37.6 Å². The van der Waals surface area contributed by atoms with E-state index in [4.69, 9.17) is 5.11 Å². The number of carbonyl (C=O) groups is 2. The number of carboxylic acids is 1. The molecular weight excluding hydrogens is 366 g/mol. The number of nitrogens with one attached hydrogen (secondary N) is 1. The molecule has 0 saturated heterocycles. The van der Waals surface area contributed by atoms with Crippen LogP contribution in [0.15, 0.2) is 53.4 Å². The standard InChI is InChI=1S/C20H23NO5S/c1-14(22)16-8-10-19(27(2,25)26)18(13-16)21-17(9-11-20(23)24)12-15-6-4-3-5-7-15/h3-8,10,13,17,21H,9,11-12H2,1-2H3,(H,23,24). The predicted molar refractivity (Wildman–Crippen MR) is 104 cm³/mol. The molecule has 2 N–H and O–H groups in total. The van der Waals surface area contributed by atoms with E-state index >= 15 is 0 Å². The minimum atomic E-state index is -3.52. The molecule has 0 spiro atoms.